The topological polar surface area (TPSA) is 41.3 Å². The van der Waals surface area contributed by atoms with Crippen molar-refractivity contribution < 1.29 is 5.11 Å². The van der Waals surface area contributed by atoms with Gasteiger partial charge >= 0.3 is 0 Å². The smallest absolute Gasteiger partial charge is 0.0891 e. The van der Waals surface area contributed by atoms with Gasteiger partial charge in [0.1, 0.15) is 0 Å². The number of piperidine rings is 1. The van der Waals surface area contributed by atoms with E-state index in [2.05, 4.69) is 23.8 Å². The van der Waals surface area contributed by atoms with Crippen molar-refractivity contribution >= 4 is 0 Å². The Labute approximate surface area is 96.9 Å². The molecule has 1 aromatic heterocycles. The molecule has 4 heteroatoms. The summed E-state index contributed by atoms with van der Waals surface area (Å²) in [6.45, 7) is 7.97. The van der Waals surface area contributed by atoms with Gasteiger partial charge in [-0.3, -0.25) is 4.68 Å². The summed E-state index contributed by atoms with van der Waals surface area (Å²) in [4.78, 5) is 2.17. The molecule has 1 N–H and O–H groups in total. The van der Waals surface area contributed by atoms with Gasteiger partial charge in [0.05, 0.1) is 17.8 Å². The molecule has 0 saturated carbocycles. The first-order chi connectivity index (χ1) is 7.50. The van der Waals surface area contributed by atoms with Crippen LogP contribution in [0.1, 0.15) is 29.4 Å². The minimum Gasteiger partial charge on any atom is -0.390 e. The van der Waals surface area contributed by atoms with E-state index in [1.807, 2.05) is 18.7 Å². The summed E-state index contributed by atoms with van der Waals surface area (Å²) < 4.78 is 2.02. The van der Waals surface area contributed by atoms with E-state index in [1.54, 1.807) is 0 Å². The average Bonchev–Trinajstić information content (AvgIpc) is 2.46. The van der Waals surface area contributed by atoms with E-state index in [1.165, 1.54) is 11.3 Å². The number of β-amino-alcohol motifs (C(OH)–C–C–N with tert-alkyl or cyclic N) is 1. The highest BCUT2D eigenvalue weighted by molar-refractivity contribution is 5.23. The zero-order valence-electron chi connectivity index (χ0n) is 10.6. The second-order valence-electron chi connectivity index (χ2n) is 4.93. The van der Waals surface area contributed by atoms with Gasteiger partial charge < -0.3 is 10.0 Å². The van der Waals surface area contributed by atoms with Crippen molar-refractivity contribution in [3.8, 4) is 0 Å². The van der Waals surface area contributed by atoms with Crippen molar-refractivity contribution in [3.05, 3.63) is 17.0 Å². The van der Waals surface area contributed by atoms with E-state index in [9.17, 15) is 5.11 Å². The molecule has 2 atom stereocenters. The van der Waals surface area contributed by atoms with Crippen LogP contribution in [0.2, 0.25) is 0 Å². The first-order valence-corrected chi connectivity index (χ1v) is 5.89. The number of aliphatic hydroxyl groups excluding tert-OH is 1. The van der Waals surface area contributed by atoms with Gasteiger partial charge in [0.15, 0.2) is 0 Å². The number of hydrogen-bond acceptors (Lipinski definition) is 3. The SMILES string of the molecule is Cc1nn([C@H]2CCN(C)C[C@@H]2O)c(C)c1C. The van der Waals surface area contributed by atoms with Crippen LogP contribution in [0.15, 0.2) is 0 Å². The fraction of sp³-hybridized carbons (Fsp3) is 0.750. The summed E-state index contributed by atoms with van der Waals surface area (Å²) in [7, 11) is 2.05. The zero-order valence-corrected chi connectivity index (χ0v) is 10.6. The fourth-order valence-electron chi connectivity index (χ4n) is 2.43. The zero-order chi connectivity index (χ0) is 11.9. The van der Waals surface area contributed by atoms with E-state index in [-0.39, 0.29) is 12.1 Å². The van der Waals surface area contributed by atoms with Crippen molar-refractivity contribution in [2.75, 3.05) is 20.1 Å². The van der Waals surface area contributed by atoms with Crippen LogP contribution in [0.4, 0.5) is 0 Å². The lowest BCUT2D eigenvalue weighted by Crippen LogP contribution is -2.43. The predicted molar refractivity (Wildman–Crippen MR) is 63.6 cm³/mol. The number of hydrogen-bond donors (Lipinski definition) is 1. The van der Waals surface area contributed by atoms with Crippen LogP contribution in [-0.2, 0) is 0 Å². The van der Waals surface area contributed by atoms with E-state index in [0.29, 0.717) is 0 Å². The molecule has 0 spiro atoms. The Morgan fingerprint density at radius 3 is 2.50 bits per heavy atom. The van der Waals surface area contributed by atoms with Crippen LogP contribution in [0, 0.1) is 20.8 Å². The molecule has 0 amide bonds. The number of likely N-dealkylation sites (N-methyl/N-ethyl adjacent to an activating group) is 1. The molecule has 2 rings (SSSR count). The van der Waals surface area contributed by atoms with Gasteiger partial charge in [-0.15, -0.1) is 0 Å². The quantitative estimate of drug-likeness (QED) is 0.773. The second-order valence-corrected chi connectivity index (χ2v) is 4.93. The summed E-state index contributed by atoms with van der Waals surface area (Å²) in [5.41, 5.74) is 3.50. The van der Waals surface area contributed by atoms with Crippen molar-refractivity contribution in [1.29, 1.82) is 0 Å². The van der Waals surface area contributed by atoms with Crippen LogP contribution >= 0.6 is 0 Å². The van der Waals surface area contributed by atoms with Gasteiger partial charge in [-0.25, -0.2) is 0 Å². The van der Waals surface area contributed by atoms with Crippen molar-refractivity contribution in [1.82, 2.24) is 14.7 Å². The standard InChI is InChI=1S/C12H21N3O/c1-8-9(2)13-15(10(8)3)11-5-6-14(4)7-12(11)16/h11-12,16H,5-7H2,1-4H3/t11-,12-/m0/s1. The molecule has 1 saturated heterocycles. The predicted octanol–water partition coefficient (Wildman–Crippen LogP) is 1.05. The Kier molecular flexibility index (Phi) is 3.04. The normalized spacial score (nSPS) is 27.3. The van der Waals surface area contributed by atoms with Gasteiger partial charge in [0.25, 0.3) is 0 Å². The maximum atomic E-state index is 10.1. The van der Waals surface area contributed by atoms with Crippen LogP contribution in [-0.4, -0.2) is 46.0 Å². The number of rotatable bonds is 1. The third-order valence-corrected chi connectivity index (χ3v) is 3.75. The third kappa shape index (κ3) is 1.87. The Morgan fingerprint density at radius 1 is 1.31 bits per heavy atom. The molecule has 1 aliphatic heterocycles. The number of aliphatic hydroxyl groups is 1. The van der Waals surface area contributed by atoms with E-state index in [4.69, 9.17) is 0 Å². The molecule has 0 radical (unpaired) electrons. The molecule has 0 aromatic carbocycles. The average molecular weight is 223 g/mol. The minimum absolute atomic E-state index is 0.142. The molecule has 1 aliphatic rings. The molecule has 4 nitrogen and oxygen atoms in total. The van der Waals surface area contributed by atoms with E-state index >= 15 is 0 Å². The van der Waals surface area contributed by atoms with Gasteiger partial charge in [-0.1, -0.05) is 0 Å². The molecule has 0 aliphatic carbocycles. The highest BCUT2D eigenvalue weighted by Gasteiger charge is 2.29. The van der Waals surface area contributed by atoms with Gasteiger partial charge in [0, 0.05) is 18.8 Å². The van der Waals surface area contributed by atoms with Crippen molar-refractivity contribution in [3.63, 3.8) is 0 Å². The molecule has 90 valence electrons. The number of nitrogens with zero attached hydrogens (tertiary/aromatic N) is 3. The molecule has 1 aromatic rings. The number of aromatic nitrogens is 2. The second kappa shape index (κ2) is 4.18. The minimum atomic E-state index is -0.309. The van der Waals surface area contributed by atoms with E-state index in [0.717, 1.165) is 25.2 Å². The summed E-state index contributed by atoms with van der Waals surface area (Å²) in [5, 5.41) is 14.7. The molecule has 16 heavy (non-hydrogen) atoms. The highest BCUT2D eigenvalue weighted by atomic mass is 16.3. The maximum absolute atomic E-state index is 10.1. The first kappa shape index (κ1) is 11.6. The van der Waals surface area contributed by atoms with Crippen LogP contribution in [0.3, 0.4) is 0 Å². The highest BCUT2D eigenvalue weighted by Crippen LogP contribution is 2.25. The lowest BCUT2D eigenvalue weighted by molar-refractivity contribution is 0.0322. The van der Waals surface area contributed by atoms with Gasteiger partial charge in [-0.2, -0.15) is 5.10 Å². The Morgan fingerprint density at radius 2 is 2.00 bits per heavy atom. The molecule has 0 unspecified atom stereocenters. The summed E-state index contributed by atoms with van der Waals surface area (Å²) in [5.74, 6) is 0. The third-order valence-electron chi connectivity index (χ3n) is 3.75. The monoisotopic (exact) mass is 223 g/mol. The van der Waals surface area contributed by atoms with Crippen LogP contribution in [0.25, 0.3) is 0 Å². The number of aryl methyl sites for hydroxylation is 1. The number of likely N-dealkylation sites (tertiary alicyclic amines) is 1. The summed E-state index contributed by atoms with van der Waals surface area (Å²) in [6, 6.07) is 0.142. The Hall–Kier alpha value is -0.870. The van der Waals surface area contributed by atoms with Crippen molar-refractivity contribution in [2.45, 2.75) is 39.3 Å². The molecule has 2 heterocycles. The lowest BCUT2D eigenvalue weighted by Gasteiger charge is -2.34. The Balaban J connectivity index is 2.27. The maximum Gasteiger partial charge on any atom is 0.0891 e. The largest absolute Gasteiger partial charge is 0.390 e. The van der Waals surface area contributed by atoms with Gasteiger partial charge in [0.2, 0.25) is 0 Å². The first-order valence-electron chi connectivity index (χ1n) is 5.89. The van der Waals surface area contributed by atoms with Crippen molar-refractivity contribution in [2.24, 2.45) is 0 Å². The Bertz CT molecular complexity index is 386. The van der Waals surface area contributed by atoms with Gasteiger partial charge in [-0.05, 0) is 39.8 Å². The van der Waals surface area contributed by atoms with Crippen LogP contribution < -0.4 is 0 Å². The lowest BCUT2D eigenvalue weighted by atomic mass is 10.0. The fourth-order valence-corrected chi connectivity index (χ4v) is 2.43. The summed E-state index contributed by atoms with van der Waals surface area (Å²) in [6.07, 6.45) is 0.662. The molecule has 1 fully saturated rings. The van der Waals surface area contributed by atoms with Crippen LogP contribution in [0.5, 0.6) is 0 Å². The molecular formula is C12H21N3O. The molecule has 0 bridgehead atoms. The summed E-state index contributed by atoms with van der Waals surface area (Å²) >= 11 is 0. The van der Waals surface area contributed by atoms with E-state index < -0.39 is 0 Å². The molecular weight excluding hydrogens is 202 g/mol.